The number of amides is 1. The number of rotatable bonds is 4. The molecule has 0 bridgehead atoms. The number of benzene rings is 1. The highest BCUT2D eigenvalue weighted by atomic mass is 19.4. The molecule has 1 saturated heterocycles. The number of tetrazole rings is 1. The summed E-state index contributed by atoms with van der Waals surface area (Å²) in [6, 6.07) is 4.05. The molecule has 0 radical (unpaired) electrons. The molecule has 0 N–H and O–H groups in total. The zero-order valence-electron chi connectivity index (χ0n) is 15.1. The van der Waals surface area contributed by atoms with Gasteiger partial charge in [0.15, 0.2) is 0 Å². The lowest BCUT2D eigenvalue weighted by atomic mass is 10.1. The summed E-state index contributed by atoms with van der Waals surface area (Å²) in [7, 11) is 0. The lowest BCUT2D eigenvalue weighted by molar-refractivity contribution is -0.138. The van der Waals surface area contributed by atoms with Gasteiger partial charge in [0.2, 0.25) is 11.7 Å². The molecule has 0 aliphatic carbocycles. The minimum atomic E-state index is -4.45. The number of hydrogen-bond acceptors (Lipinski definition) is 5. The van der Waals surface area contributed by atoms with Crippen molar-refractivity contribution in [1.82, 2.24) is 30.0 Å². The Balaban J connectivity index is 1.73. The van der Waals surface area contributed by atoms with Crippen molar-refractivity contribution in [3.63, 3.8) is 0 Å². The summed E-state index contributed by atoms with van der Waals surface area (Å²) in [6.45, 7) is 7.58. The molecule has 1 aliphatic rings. The molecule has 0 unspecified atom stereocenters. The lowest BCUT2D eigenvalue weighted by Crippen LogP contribution is -2.50. The molecule has 7 nitrogen and oxygen atoms in total. The third kappa shape index (κ3) is 4.26. The van der Waals surface area contributed by atoms with Crippen LogP contribution < -0.4 is 0 Å². The summed E-state index contributed by atoms with van der Waals surface area (Å²) in [4.78, 5) is 17.8. The van der Waals surface area contributed by atoms with Gasteiger partial charge in [0.1, 0.15) is 6.04 Å². The van der Waals surface area contributed by atoms with Crippen LogP contribution in [0.25, 0.3) is 11.4 Å². The van der Waals surface area contributed by atoms with Crippen LogP contribution in [0.2, 0.25) is 0 Å². The smallest absolute Gasteiger partial charge is 0.338 e. The summed E-state index contributed by atoms with van der Waals surface area (Å²) >= 11 is 0. The van der Waals surface area contributed by atoms with Crippen molar-refractivity contribution in [2.24, 2.45) is 0 Å². The second-order valence-electron chi connectivity index (χ2n) is 6.45. The van der Waals surface area contributed by atoms with E-state index in [4.69, 9.17) is 0 Å². The van der Waals surface area contributed by atoms with E-state index in [1.807, 2.05) is 0 Å². The number of alkyl halides is 3. The Bertz CT molecular complexity index is 798. The summed E-state index contributed by atoms with van der Waals surface area (Å²) in [5, 5.41) is 11.8. The topological polar surface area (TPSA) is 67.2 Å². The molecule has 2 aromatic rings. The van der Waals surface area contributed by atoms with Crippen LogP contribution in [0, 0.1) is 0 Å². The number of hydrogen-bond donors (Lipinski definition) is 0. The van der Waals surface area contributed by atoms with Crippen LogP contribution in [0.1, 0.15) is 25.5 Å². The minimum absolute atomic E-state index is 0.0524. The van der Waals surface area contributed by atoms with E-state index in [9.17, 15) is 18.0 Å². The fourth-order valence-electron chi connectivity index (χ4n) is 2.99. The normalized spacial score (nSPS) is 17.1. The maximum absolute atomic E-state index is 12.9. The molecule has 0 spiro atoms. The van der Waals surface area contributed by atoms with Crippen molar-refractivity contribution in [1.29, 1.82) is 0 Å². The SMILES string of the molecule is CCN1CCN(C(=O)[C@H](C)n2nnc(-c3cccc(C(F)(F)F)c3)n2)CC1. The van der Waals surface area contributed by atoms with Crippen LogP contribution in [-0.4, -0.2) is 68.6 Å². The average Bonchev–Trinajstić information content (AvgIpc) is 3.16. The fourth-order valence-corrected chi connectivity index (χ4v) is 2.99. The number of halogens is 3. The van der Waals surface area contributed by atoms with Gasteiger partial charge >= 0.3 is 6.18 Å². The number of aromatic nitrogens is 4. The summed E-state index contributed by atoms with van der Waals surface area (Å²) in [5.74, 6) is -0.0738. The molecule has 27 heavy (non-hydrogen) atoms. The van der Waals surface area contributed by atoms with Gasteiger partial charge in [-0.25, -0.2) is 0 Å². The highest BCUT2D eigenvalue weighted by Gasteiger charge is 2.31. The molecule has 1 amide bonds. The number of nitrogens with zero attached hydrogens (tertiary/aromatic N) is 6. The van der Waals surface area contributed by atoms with E-state index < -0.39 is 17.8 Å². The van der Waals surface area contributed by atoms with E-state index in [-0.39, 0.29) is 17.3 Å². The first kappa shape index (κ1) is 19.3. The maximum Gasteiger partial charge on any atom is 0.416 e. The monoisotopic (exact) mass is 382 g/mol. The molecule has 1 aromatic carbocycles. The fraction of sp³-hybridized carbons (Fsp3) is 0.529. The Morgan fingerprint density at radius 1 is 1.22 bits per heavy atom. The Morgan fingerprint density at radius 3 is 2.56 bits per heavy atom. The molecule has 3 rings (SSSR count). The zero-order valence-corrected chi connectivity index (χ0v) is 15.1. The second-order valence-corrected chi connectivity index (χ2v) is 6.45. The van der Waals surface area contributed by atoms with E-state index in [2.05, 4.69) is 27.2 Å². The van der Waals surface area contributed by atoms with Crippen molar-refractivity contribution in [3.05, 3.63) is 29.8 Å². The van der Waals surface area contributed by atoms with Crippen LogP contribution >= 0.6 is 0 Å². The number of carbonyl (C=O) groups is 1. The Labute approximate surface area is 154 Å². The molecule has 146 valence electrons. The number of piperazine rings is 1. The molecule has 1 aromatic heterocycles. The average molecular weight is 382 g/mol. The first-order valence-corrected chi connectivity index (χ1v) is 8.78. The van der Waals surface area contributed by atoms with Gasteiger partial charge < -0.3 is 9.80 Å². The largest absolute Gasteiger partial charge is 0.416 e. The van der Waals surface area contributed by atoms with Gasteiger partial charge in [-0.2, -0.15) is 18.0 Å². The van der Waals surface area contributed by atoms with Crippen molar-refractivity contribution >= 4 is 5.91 Å². The van der Waals surface area contributed by atoms with Crippen molar-refractivity contribution in [2.45, 2.75) is 26.1 Å². The van der Waals surface area contributed by atoms with Gasteiger partial charge in [0.05, 0.1) is 5.56 Å². The minimum Gasteiger partial charge on any atom is -0.338 e. The summed E-state index contributed by atoms with van der Waals surface area (Å²) < 4.78 is 38.6. The van der Waals surface area contributed by atoms with E-state index in [0.29, 0.717) is 13.1 Å². The molecular weight excluding hydrogens is 361 g/mol. The molecule has 2 heterocycles. The van der Waals surface area contributed by atoms with Crippen LogP contribution in [0.4, 0.5) is 13.2 Å². The second kappa shape index (κ2) is 7.63. The van der Waals surface area contributed by atoms with E-state index >= 15 is 0 Å². The Hall–Kier alpha value is -2.49. The predicted octanol–water partition coefficient (Wildman–Crippen LogP) is 2.08. The van der Waals surface area contributed by atoms with Crippen LogP contribution in [-0.2, 0) is 11.0 Å². The Kier molecular flexibility index (Phi) is 5.45. The van der Waals surface area contributed by atoms with Crippen molar-refractivity contribution < 1.29 is 18.0 Å². The van der Waals surface area contributed by atoms with Gasteiger partial charge in [-0.3, -0.25) is 4.79 Å². The lowest BCUT2D eigenvalue weighted by Gasteiger charge is -2.35. The third-order valence-electron chi connectivity index (χ3n) is 4.71. The van der Waals surface area contributed by atoms with Gasteiger partial charge in [-0.15, -0.1) is 10.2 Å². The highest BCUT2D eigenvalue weighted by molar-refractivity contribution is 5.80. The van der Waals surface area contributed by atoms with E-state index in [1.54, 1.807) is 11.8 Å². The molecule has 1 atom stereocenters. The summed E-state index contributed by atoms with van der Waals surface area (Å²) in [5.41, 5.74) is -0.582. The highest BCUT2D eigenvalue weighted by Crippen LogP contribution is 2.31. The quantitative estimate of drug-likeness (QED) is 0.810. The summed E-state index contributed by atoms with van der Waals surface area (Å²) in [6.07, 6.45) is -4.45. The number of likely N-dealkylation sites (N-methyl/N-ethyl adjacent to an activating group) is 1. The number of carbonyl (C=O) groups excluding carboxylic acids is 1. The van der Waals surface area contributed by atoms with Crippen molar-refractivity contribution in [2.75, 3.05) is 32.7 Å². The molecule has 1 aliphatic heterocycles. The van der Waals surface area contributed by atoms with E-state index in [1.165, 1.54) is 12.1 Å². The standard InChI is InChI=1S/C17H21F3N6O/c1-3-24-7-9-25(10-8-24)16(27)12(2)26-22-15(21-23-26)13-5-4-6-14(11-13)17(18,19)20/h4-6,11-12H,3,7-10H2,1-2H3/t12-/m0/s1. The molecule has 10 heteroatoms. The van der Waals surface area contributed by atoms with Crippen LogP contribution in [0.5, 0.6) is 0 Å². The van der Waals surface area contributed by atoms with Crippen LogP contribution in [0.15, 0.2) is 24.3 Å². The van der Waals surface area contributed by atoms with E-state index in [0.717, 1.165) is 36.6 Å². The molecule has 1 fully saturated rings. The maximum atomic E-state index is 12.9. The molecular formula is C17H21F3N6O. The van der Waals surface area contributed by atoms with Gasteiger partial charge in [0, 0.05) is 31.7 Å². The first-order chi connectivity index (χ1) is 12.8. The van der Waals surface area contributed by atoms with Crippen LogP contribution in [0.3, 0.4) is 0 Å². The molecule has 0 saturated carbocycles. The Morgan fingerprint density at radius 2 is 1.93 bits per heavy atom. The van der Waals surface area contributed by atoms with Gasteiger partial charge in [-0.1, -0.05) is 19.1 Å². The van der Waals surface area contributed by atoms with Crippen molar-refractivity contribution in [3.8, 4) is 11.4 Å². The predicted molar refractivity (Wildman–Crippen MR) is 91.7 cm³/mol. The third-order valence-corrected chi connectivity index (χ3v) is 4.71. The first-order valence-electron chi connectivity index (χ1n) is 8.78. The zero-order chi connectivity index (χ0) is 19.6. The van der Waals surface area contributed by atoms with Gasteiger partial charge in [-0.05, 0) is 30.8 Å². The van der Waals surface area contributed by atoms with Gasteiger partial charge in [0.25, 0.3) is 0 Å².